The van der Waals surface area contributed by atoms with Gasteiger partial charge in [-0.1, -0.05) is 0 Å². The van der Waals surface area contributed by atoms with Gasteiger partial charge in [0.1, 0.15) is 13.2 Å². The van der Waals surface area contributed by atoms with Gasteiger partial charge in [0.2, 0.25) is 0 Å². The van der Waals surface area contributed by atoms with Gasteiger partial charge in [0, 0.05) is 7.11 Å². The number of carboxylic acids is 1. The molecule has 6 nitrogen and oxygen atoms in total. The Morgan fingerprint density at radius 1 is 1.64 bits per heavy atom. The van der Waals surface area contributed by atoms with Crippen LogP contribution in [0.1, 0.15) is 0 Å². The van der Waals surface area contributed by atoms with Gasteiger partial charge in [-0.25, -0.2) is 5.01 Å². The van der Waals surface area contributed by atoms with Gasteiger partial charge in [-0.3, -0.25) is 9.59 Å². The molecule has 0 atom stereocenters. The van der Waals surface area contributed by atoms with Crippen molar-refractivity contribution in [2.24, 2.45) is 0 Å². The fourth-order valence-electron chi connectivity index (χ4n) is 0.425. The molecule has 0 aromatic heterocycles. The van der Waals surface area contributed by atoms with Crippen molar-refractivity contribution in [1.82, 2.24) is 10.9 Å². The van der Waals surface area contributed by atoms with Gasteiger partial charge in [0.05, 0.1) is 0 Å². The Hall–Kier alpha value is -1.14. The Bertz CT molecular complexity index is 159. The average Bonchev–Trinajstić information content (AvgIpc) is 1.86. The highest BCUT2D eigenvalue weighted by Gasteiger charge is 2.12. The summed E-state index contributed by atoms with van der Waals surface area (Å²) in [5.41, 5.74) is 0. The van der Waals surface area contributed by atoms with Crippen molar-refractivity contribution in [3.63, 3.8) is 0 Å². The Kier molecular flexibility index (Phi) is 4.16. The molecule has 0 saturated heterocycles. The summed E-state index contributed by atoms with van der Waals surface area (Å²) in [5.74, 6) is 4.95. The van der Waals surface area contributed by atoms with Crippen molar-refractivity contribution in [2.75, 3.05) is 20.3 Å². The van der Waals surface area contributed by atoms with Crippen LogP contribution in [0.3, 0.4) is 0 Å². The molecule has 0 unspecified atom stereocenters. The van der Waals surface area contributed by atoms with Crippen molar-refractivity contribution in [2.45, 2.75) is 0 Å². The monoisotopic (exact) mass is 161 g/mol. The van der Waals surface area contributed by atoms with Gasteiger partial charge in [-0.15, -0.1) is 5.84 Å². The first-order valence-corrected chi connectivity index (χ1v) is 2.80. The average molecular weight is 161 g/mol. The van der Waals surface area contributed by atoms with Crippen LogP contribution >= 0.6 is 0 Å². The molecule has 1 radical (unpaired) electrons. The molecule has 0 heterocycles. The van der Waals surface area contributed by atoms with Crippen molar-refractivity contribution >= 4 is 11.9 Å². The van der Waals surface area contributed by atoms with Crippen LogP contribution in [0.5, 0.6) is 0 Å². The number of aliphatic carboxylic acids is 1. The number of nitrogens with zero attached hydrogens (tertiary/aromatic N) is 1. The summed E-state index contributed by atoms with van der Waals surface area (Å²) in [5, 5.41) is 8.49. The van der Waals surface area contributed by atoms with Gasteiger partial charge in [-0.05, 0) is 0 Å². The van der Waals surface area contributed by atoms with Crippen molar-refractivity contribution in [3.8, 4) is 0 Å². The highest BCUT2D eigenvalue weighted by atomic mass is 16.5. The number of carboxylic acid groups (broad SMARTS) is 1. The molecule has 0 aromatic carbocycles. The Balaban J connectivity index is 3.73. The van der Waals surface area contributed by atoms with Gasteiger partial charge >= 0.3 is 5.97 Å². The first-order valence-electron chi connectivity index (χ1n) is 2.80. The van der Waals surface area contributed by atoms with E-state index in [9.17, 15) is 9.59 Å². The zero-order valence-corrected chi connectivity index (χ0v) is 6.03. The normalized spacial score (nSPS) is 9.27. The lowest BCUT2D eigenvalue weighted by molar-refractivity contribution is -0.146. The van der Waals surface area contributed by atoms with Crippen molar-refractivity contribution < 1.29 is 19.4 Å². The van der Waals surface area contributed by atoms with Crippen molar-refractivity contribution in [3.05, 3.63) is 0 Å². The molecule has 0 rings (SSSR count). The highest BCUT2D eigenvalue weighted by molar-refractivity contribution is 5.81. The first-order chi connectivity index (χ1) is 5.07. The molecule has 63 valence electrons. The maximum Gasteiger partial charge on any atom is 0.324 e. The number of nitrogens with one attached hydrogen (secondary N) is 1. The van der Waals surface area contributed by atoms with E-state index in [1.54, 1.807) is 0 Å². The lowest BCUT2D eigenvalue weighted by Gasteiger charge is -2.10. The zero-order valence-electron chi connectivity index (χ0n) is 6.03. The van der Waals surface area contributed by atoms with E-state index in [1.807, 2.05) is 0 Å². The third-order valence-electron chi connectivity index (χ3n) is 0.862. The second kappa shape index (κ2) is 4.64. The van der Waals surface area contributed by atoms with E-state index >= 15 is 0 Å². The van der Waals surface area contributed by atoms with Crippen LogP contribution < -0.4 is 5.84 Å². The molecular weight excluding hydrogens is 152 g/mol. The van der Waals surface area contributed by atoms with Gasteiger partial charge in [0.25, 0.3) is 5.91 Å². The van der Waals surface area contributed by atoms with Crippen molar-refractivity contribution in [1.29, 1.82) is 0 Å². The minimum atomic E-state index is -1.22. The fourth-order valence-corrected chi connectivity index (χ4v) is 0.425. The summed E-state index contributed by atoms with van der Waals surface area (Å²) >= 11 is 0. The Morgan fingerprint density at radius 3 is 2.55 bits per heavy atom. The number of hydrogen-bond donors (Lipinski definition) is 1. The fraction of sp³-hybridized carbons (Fsp3) is 0.600. The first kappa shape index (κ1) is 9.86. The molecule has 11 heavy (non-hydrogen) atoms. The summed E-state index contributed by atoms with van der Waals surface area (Å²) in [6.07, 6.45) is 0. The van der Waals surface area contributed by atoms with E-state index in [-0.39, 0.29) is 6.61 Å². The van der Waals surface area contributed by atoms with Crippen LogP contribution in [0.2, 0.25) is 0 Å². The Labute approximate surface area is 63.5 Å². The highest BCUT2D eigenvalue weighted by Crippen LogP contribution is 1.82. The summed E-state index contributed by atoms with van der Waals surface area (Å²) in [4.78, 5) is 20.6. The van der Waals surface area contributed by atoms with Crippen LogP contribution in [0.4, 0.5) is 0 Å². The topological polar surface area (TPSA) is 90.6 Å². The molecule has 1 amide bonds. The zero-order chi connectivity index (χ0) is 8.85. The lowest BCUT2D eigenvalue weighted by atomic mass is 10.5. The second-order valence-electron chi connectivity index (χ2n) is 1.81. The van der Waals surface area contributed by atoms with E-state index < -0.39 is 18.4 Å². The number of amides is 1. The molecule has 0 aliphatic heterocycles. The van der Waals surface area contributed by atoms with Crippen LogP contribution in [-0.2, 0) is 14.3 Å². The number of rotatable bonds is 4. The predicted molar refractivity (Wildman–Crippen MR) is 34.3 cm³/mol. The van der Waals surface area contributed by atoms with Crippen LogP contribution in [0.25, 0.3) is 0 Å². The molecule has 0 bridgehead atoms. The molecule has 0 aliphatic rings. The van der Waals surface area contributed by atoms with Crippen LogP contribution in [-0.4, -0.2) is 42.3 Å². The Morgan fingerprint density at radius 2 is 2.18 bits per heavy atom. The molecule has 0 aliphatic carbocycles. The number of carbonyl (C=O) groups excluding carboxylic acids is 1. The van der Waals surface area contributed by atoms with Gasteiger partial charge in [0.15, 0.2) is 0 Å². The molecular formula is C5H9N2O4. The molecule has 0 fully saturated rings. The molecule has 2 N–H and O–H groups in total. The predicted octanol–water partition coefficient (Wildman–Crippen LogP) is -1.26. The van der Waals surface area contributed by atoms with Gasteiger partial charge < -0.3 is 9.84 Å². The third-order valence-corrected chi connectivity index (χ3v) is 0.862. The molecule has 0 aromatic rings. The van der Waals surface area contributed by atoms with E-state index in [2.05, 4.69) is 4.74 Å². The lowest BCUT2D eigenvalue weighted by Crippen LogP contribution is -2.36. The summed E-state index contributed by atoms with van der Waals surface area (Å²) < 4.78 is 4.40. The quantitative estimate of drug-likeness (QED) is 0.521. The molecule has 0 saturated carbocycles. The second-order valence-corrected chi connectivity index (χ2v) is 1.81. The minimum Gasteiger partial charge on any atom is -0.480 e. The van der Waals surface area contributed by atoms with E-state index in [0.29, 0.717) is 5.01 Å². The summed E-state index contributed by atoms with van der Waals surface area (Å²) in [6.45, 7) is -0.890. The maximum absolute atomic E-state index is 10.6. The number of ether oxygens (including phenoxy) is 1. The van der Waals surface area contributed by atoms with E-state index in [4.69, 9.17) is 10.9 Å². The van der Waals surface area contributed by atoms with Crippen LogP contribution in [0.15, 0.2) is 0 Å². The SMILES string of the molecule is COCC(=O)N([NH])CC(=O)O. The molecule has 6 heteroatoms. The summed E-state index contributed by atoms with van der Waals surface area (Å²) in [6, 6.07) is 0. The van der Waals surface area contributed by atoms with E-state index in [0.717, 1.165) is 0 Å². The maximum atomic E-state index is 10.6. The number of methoxy groups -OCH3 is 1. The van der Waals surface area contributed by atoms with E-state index in [1.165, 1.54) is 7.11 Å². The van der Waals surface area contributed by atoms with Gasteiger partial charge in [-0.2, -0.15) is 0 Å². The van der Waals surface area contributed by atoms with Crippen LogP contribution in [0, 0.1) is 0 Å². The smallest absolute Gasteiger partial charge is 0.324 e. The largest absolute Gasteiger partial charge is 0.480 e. The number of hydrogen-bond acceptors (Lipinski definition) is 3. The number of carbonyl (C=O) groups is 2. The third kappa shape index (κ3) is 4.29. The summed E-state index contributed by atoms with van der Waals surface area (Å²) in [7, 11) is 1.30. The minimum absolute atomic E-state index is 0.267. The molecule has 0 spiro atoms. The standard InChI is InChI=1S/C5H9N2O4/c1-11-3-4(8)7(6)2-5(9)10/h6H,2-3H2,1H3,(H,9,10).